The van der Waals surface area contributed by atoms with E-state index in [9.17, 15) is 9.59 Å². The number of pyridine rings is 1. The fraction of sp³-hybridized carbons (Fsp3) is 0.545. The molecule has 0 unspecified atom stereocenters. The number of fused-ring (bicyclic) bond motifs is 1. The first kappa shape index (κ1) is 19.6. The molecule has 7 heteroatoms. The van der Waals surface area contributed by atoms with Crippen LogP contribution in [-0.2, 0) is 29.1 Å². The fourth-order valence-electron chi connectivity index (χ4n) is 4.67. The molecule has 3 heterocycles. The third kappa shape index (κ3) is 4.33. The van der Waals surface area contributed by atoms with Crippen LogP contribution >= 0.6 is 0 Å². The Balaban J connectivity index is 1.40. The molecule has 1 fully saturated rings. The van der Waals surface area contributed by atoms with Crippen LogP contribution in [0.5, 0.6) is 0 Å². The molecule has 1 N–H and O–H groups in total. The summed E-state index contributed by atoms with van der Waals surface area (Å²) >= 11 is 0. The van der Waals surface area contributed by atoms with Crippen molar-refractivity contribution in [1.29, 1.82) is 0 Å². The number of aliphatic carboxylic acids is 1. The van der Waals surface area contributed by atoms with Gasteiger partial charge in [0.1, 0.15) is 0 Å². The van der Waals surface area contributed by atoms with Gasteiger partial charge in [0.2, 0.25) is 5.91 Å². The lowest BCUT2D eigenvalue weighted by atomic mass is 9.80. The molecule has 1 saturated carbocycles. The topological polar surface area (TPSA) is 88.3 Å². The standard InChI is InChI=1S/C22H28N4O3/c1-15-19-8-10-25(21(27)11-16-4-6-18(7-5-16)22(28)29)14-20(19)26(24-15)13-17-3-2-9-23-12-17/h2-3,9,12,16,18H,4-8,10-11,13-14H2,1H3,(H,28,29)/t16-,18-. The van der Waals surface area contributed by atoms with Gasteiger partial charge in [-0.15, -0.1) is 0 Å². The number of carbonyl (C=O) groups excluding carboxylic acids is 1. The molecule has 4 rings (SSSR count). The Hall–Kier alpha value is -2.70. The second-order valence-corrected chi connectivity index (χ2v) is 8.35. The van der Waals surface area contributed by atoms with Gasteiger partial charge in [-0.05, 0) is 62.1 Å². The summed E-state index contributed by atoms with van der Waals surface area (Å²) < 4.78 is 2.01. The fourth-order valence-corrected chi connectivity index (χ4v) is 4.67. The molecule has 1 aliphatic carbocycles. The van der Waals surface area contributed by atoms with Crippen molar-refractivity contribution < 1.29 is 14.7 Å². The molecule has 154 valence electrons. The van der Waals surface area contributed by atoms with Crippen LogP contribution in [0.3, 0.4) is 0 Å². The van der Waals surface area contributed by atoms with Crippen molar-refractivity contribution in [3.05, 3.63) is 47.0 Å². The Bertz CT molecular complexity index is 885. The molecule has 2 aromatic heterocycles. The Labute approximate surface area is 170 Å². The number of carboxylic acids is 1. The summed E-state index contributed by atoms with van der Waals surface area (Å²) in [6.45, 7) is 4.03. The van der Waals surface area contributed by atoms with Crippen molar-refractivity contribution in [3.63, 3.8) is 0 Å². The average molecular weight is 396 g/mol. The molecule has 0 atom stereocenters. The summed E-state index contributed by atoms with van der Waals surface area (Å²) in [5, 5.41) is 13.9. The number of aryl methyl sites for hydroxylation is 1. The molecule has 1 amide bonds. The van der Waals surface area contributed by atoms with E-state index in [0.29, 0.717) is 38.3 Å². The number of rotatable bonds is 5. The molecule has 2 aliphatic rings. The summed E-state index contributed by atoms with van der Waals surface area (Å²) in [7, 11) is 0. The van der Waals surface area contributed by atoms with Gasteiger partial charge in [0.25, 0.3) is 0 Å². The molecule has 2 aromatic rings. The monoisotopic (exact) mass is 396 g/mol. The van der Waals surface area contributed by atoms with Gasteiger partial charge in [-0.1, -0.05) is 6.07 Å². The first-order chi connectivity index (χ1) is 14.0. The van der Waals surface area contributed by atoms with E-state index in [0.717, 1.165) is 42.8 Å². The molecule has 29 heavy (non-hydrogen) atoms. The van der Waals surface area contributed by atoms with Crippen LogP contribution in [0.2, 0.25) is 0 Å². The summed E-state index contributed by atoms with van der Waals surface area (Å²) in [4.78, 5) is 30.2. The highest BCUT2D eigenvalue weighted by atomic mass is 16.4. The SMILES string of the molecule is Cc1nn(Cc2cccnc2)c2c1CCN(C(=O)C[C@H]1CC[C@H](C(=O)O)CC1)C2. The van der Waals surface area contributed by atoms with Gasteiger partial charge in [-0.25, -0.2) is 0 Å². The third-order valence-electron chi connectivity index (χ3n) is 6.41. The van der Waals surface area contributed by atoms with E-state index >= 15 is 0 Å². The maximum absolute atomic E-state index is 12.9. The highest BCUT2D eigenvalue weighted by molar-refractivity contribution is 5.77. The number of aromatic nitrogens is 3. The first-order valence-electron chi connectivity index (χ1n) is 10.5. The van der Waals surface area contributed by atoms with Gasteiger partial charge < -0.3 is 10.0 Å². The van der Waals surface area contributed by atoms with E-state index in [1.54, 1.807) is 6.20 Å². The van der Waals surface area contributed by atoms with E-state index in [1.165, 1.54) is 5.56 Å². The van der Waals surface area contributed by atoms with Crippen molar-refractivity contribution >= 4 is 11.9 Å². The molecule has 1 aliphatic heterocycles. The second-order valence-electron chi connectivity index (χ2n) is 8.35. The summed E-state index contributed by atoms with van der Waals surface area (Å²) in [6, 6.07) is 3.96. The third-order valence-corrected chi connectivity index (χ3v) is 6.41. The predicted octanol–water partition coefficient (Wildman–Crippen LogP) is 2.80. The minimum absolute atomic E-state index is 0.182. The van der Waals surface area contributed by atoms with Gasteiger partial charge in [-0.2, -0.15) is 5.10 Å². The highest BCUT2D eigenvalue weighted by Crippen LogP contribution is 2.32. The largest absolute Gasteiger partial charge is 0.481 e. The molecule has 0 bridgehead atoms. The van der Waals surface area contributed by atoms with E-state index < -0.39 is 5.97 Å². The van der Waals surface area contributed by atoms with Crippen molar-refractivity contribution in [3.8, 4) is 0 Å². The lowest BCUT2D eigenvalue weighted by molar-refractivity contribution is -0.143. The van der Waals surface area contributed by atoms with Crippen molar-refractivity contribution in [1.82, 2.24) is 19.7 Å². The van der Waals surface area contributed by atoms with E-state index in [1.807, 2.05) is 34.8 Å². The van der Waals surface area contributed by atoms with Crippen LogP contribution in [0, 0.1) is 18.8 Å². The Kier molecular flexibility index (Phi) is 5.65. The minimum Gasteiger partial charge on any atom is -0.481 e. The summed E-state index contributed by atoms with van der Waals surface area (Å²) in [5.74, 6) is -0.443. The molecule has 0 aromatic carbocycles. The zero-order chi connectivity index (χ0) is 20.4. The number of carboxylic acid groups (broad SMARTS) is 1. The van der Waals surface area contributed by atoms with Gasteiger partial charge in [-0.3, -0.25) is 19.3 Å². The van der Waals surface area contributed by atoms with E-state index in [2.05, 4.69) is 4.98 Å². The maximum Gasteiger partial charge on any atom is 0.306 e. The quantitative estimate of drug-likeness (QED) is 0.840. The molecule has 0 saturated heterocycles. The van der Waals surface area contributed by atoms with Gasteiger partial charge >= 0.3 is 5.97 Å². The van der Waals surface area contributed by atoms with E-state index in [4.69, 9.17) is 10.2 Å². The molecular weight excluding hydrogens is 368 g/mol. The van der Waals surface area contributed by atoms with Crippen molar-refractivity contribution in [2.45, 2.75) is 58.5 Å². The Morgan fingerprint density at radius 2 is 2.03 bits per heavy atom. The van der Waals surface area contributed by atoms with Gasteiger partial charge in [0.15, 0.2) is 0 Å². The number of hydrogen-bond acceptors (Lipinski definition) is 4. The molecule has 7 nitrogen and oxygen atoms in total. The van der Waals surface area contributed by atoms with E-state index in [-0.39, 0.29) is 11.8 Å². The molecule has 0 radical (unpaired) electrons. The summed E-state index contributed by atoms with van der Waals surface area (Å²) in [6.07, 6.45) is 8.02. The van der Waals surface area contributed by atoms with Crippen LogP contribution in [-0.4, -0.2) is 43.2 Å². The van der Waals surface area contributed by atoms with Crippen LogP contribution in [0.4, 0.5) is 0 Å². The minimum atomic E-state index is -0.699. The van der Waals surface area contributed by atoms with Gasteiger partial charge in [0, 0.05) is 25.4 Å². The average Bonchev–Trinajstić information content (AvgIpc) is 3.04. The smallest absolute Gasteiger partial charge is 0.306 e. The van der Waals surface area contributed by atoms with Crippen LogP contribution in [0.1, 0.15) is 54.6 Å². The highest BCUT2D eigenvalue weighted by Gasteiger charge is 2.30. The van der Waals surface area contributed by atoms with Crippen LogP contribution < -0.4 is 0 Å². The normalized spacial score (nSPS) is 21.6. The summed E-state index contributed by atoms with van der Waals surface area (Å²) in [5.41, 5.74) is 4.53. The van der Waals surface area contributed by atoms with Crippen molar-refractivity contribution in [2.24, 2.45) is 11.8 Å². The second kappa shape index (κ2) is 8.35. The predicted molar refractivity (Wildman–Crippen MR) is 107 cm³/mol. The molecule has 0 spiro atoms. The first-order valence-corrected chi connectivity index (χ1v) is 10.5. The Morgan fingerprint density at radius 1 is 1.24 bits per heavy atom. The zero-order valence-electron chi connectivity index (χ0n) is 16.9. The number of nitrogens with zero attached hydrogens (tertiary/aromatic N) is 4. The van der Waals surface area contributed by atoms with Gasteiger partial charge in [0.05, 0.1) is 30.4 Å². The Morgan fingerprint density at radius 3 is 2.72 bits per heavy atom. The van der Waals surface area contributed by atoms with Crippen LogP contribution in [0.25, 0.3) is 0 Å². The lowest BCUT2D eigenvalue weighted by Crippen LogP contribution is -2.38. The van der Waals surface area contributed by atoms with Crippen molar-refractivity contribution in [2.75, 3.05) is 6.54 Å². The number of amides is 1. The number of hydrogen-bond donors (Lipinski definition) is 1. The molecular formula is C22H28N4O3. The lowest BCUT2D eigenvalue weighted by Gasteiger charge is -2.31. The maximum atomic E-state index is 12.9. The zero-order valence-corrected chi connectivity index (χ0v) is 16.9. The number of carbonyl (C=O) groups is 2. The van der Waals surface area contributed by atoms with Crippen LogP contribution in [0.15, 0.2) is 24.5 Å².